The maximum atomic E-state index is 12.9. The van der Waals surface area contributed by atoms with E-state index in [0.717, 1.165) is 96.3 Å². The van der Waals surface area contributed by atoms with Gasteiger partial charge in [0.2, 0.25) is 0 Å². The van der Waals surface area contributed by atoms with Crippen LogP contribution < -0.4 is 0 Å². The van der Waals surface area contributed by atoms with Gasteiger partial charge in [0.25, 0.3) is 0 Å². The fraction of sp³-hybridized carbons (Fsp3) is 0.667. The van der Waals surface area contributed by atoms with Gasteiger partial charge in [-0.3, -0.25) is 14.4 Å². The average molecular weight is 1040 g/mol. The molecule has 0 heterocycles. The molecule has 0 aliphatic rings. The molecular formula is C69H114O6. The molecule has 0 N–H and O–H groups in total. The minimum atomic E-state index is -0.833. The number of ether oxygens (including phenoxy) is 3. The Labute approximate surface area is 462 Å². The fourth-order valence-electron chi connectivity index (χ4n) is 8.40. The van der Waals surface area contributed by atoms with E-state index in [2.05, 4.69) is 130 Å². The molecule has 6 nitrogen and oxygen atoms in total. The van der Waals surface area contributed by atoms with Gasteiger partial charge in [-0.05, 0) is 96.3 Å². The van der Waals surface area contributed by atoms with Gasteiger partial charge in [0.1, 0.15) is 13.2 Å². The lowest BCUT2D eigenvalue weighted by Gasteiger charge is -2.18. The Bertz CT molecular complexity index is 1570. The molecule has 0 spiro atoms. The highest BCUT2D eigenvalue weighted by Crippen LogP contribution is 2.16. The molecule has 0 aromatic carbocycles. The Hall–Kier alpha value is -4.19. The number of carbonyl (C=O) groups is 3. The molecule has 0 radical (unpaired) electrons. The van der Waals surface area contributed by atoms with Crippen molar-refractivity contribution in [2.24, 2.45) is 0 Å². The summed E-state index contributed by atoms with van der Waals surface area (Å²) in [5.41, 5.74) is 0. The van der Waals surface area contributed by atoms with E-state index in [0.29, 0.717) is 19.3 Å². The highest BCUT2D eigenvalue weighted by Gasteiger charge is 2.19. The molecule has 426 valence electrons. The van der Waals surface area contributed by atoms with Crippen LogP contribution in [-0.2, 0) is 28.6 Å². The summed E-state index contributed by atoms with van der Waals surface area (Å²) in [5, 5.41) is 0. The van der Waals surface area contributed by atoms with Gasteiger partial charge in [0.05, 0.1) is 0 Å². The minimum absolute atomic E-state index is 0.118. The van der Waals surface area contributed by atoms with E-state index in [4.69, 9.17) is 14.2 Å². The van der Waals surface area contributed by atoms with Gasteiger partial charge >= 0.3 is 17.9 Å². The van der Waals surface area contributed by atoms with Crippen LogP contribution in [0.5, 0.6) is 0 Å². The van der Waals surface area contributed by atoms with E-state index in [1.54, 1.807) is 0 Å². The number of hydrogen-bond donors (Lipinski definition) is 0. The number of carbonyl (C=O) groups excluding carboxylic acids is 3. The van der Waals surface area contributed by atoms with Crippen LogP contribution in [0.15, 0.2) is 122 Å². The largest absolute Gasteiger partial charge is 0.462 e. The maximum absolute atomic E-state index is 12.9. The van der Waals surface area contributed by atoms with Gasteiger partial charge in [-0.15, -0.1) is 0 Å². The first-order chi connectivity index (χ1) is 37.0. The number of unbranched alkanes of at least 4 members (excludes halogenated alkanes) is 24. The van der Waals surface area contributed by atoms with E-state index in [9.17, 15) is 14.4 Å². The lowest BCUT2D eigenvalue weighted by atomic mass is 10.0. The average Bonchev–Trinajstić information content (AvgIpc) is 3.41. The van der Waals surface area contributed by atoms with E-state index >= 15 is 0 Å². The lowest BCUT2D eigenvalue weighted by molar-refractivity contribution is -0.166. The van der Waals surface area contributed by atoms with E-state index in [1.807, 2.05) is 12.2 Å². The van der Waals surface area contributed by atoms with Crippen molar-refractivity contribution in [2.75, 3.05) is 13.2 Å². The third-order valence-corrected chi connectivity index (χ3v) is 13.0. The molecule has 0 aliphatic heterocycles. The first-order valence-corrected chi connectivity index (χ1v) is 31.0. The maximum Gasteiger partial charge on any atom is 0.306 e. The molecule has 0 aromatic heterocycles. The predicted octanol–water partition coefficient (Wildman–Crippen LogP) is 21.2. The van der Waals surface area contributed by atoms with Gasteiger partial charge in [-0.2, -0.15) is 0 Å². The Morgan fingerprint density at radius 2 is 0.547 bits per heavy atom. The van der Waals surface area contributed by atoms with Gasteiger partial charge in [-0.25, -0.2) is 0 Å². The molecule has 1 atom stereocenters. The Morgan fingerprint density at radius 1 is 0.280 bits per heavy atom. The fourth-order valence-corrected chi connectivity index (χ4v) is 8.40. The number of hydrogen-bond acceptors (Lipinski definition) is 6. The van der Waals surface area contributed by atoms with Gasteiger partial charge < -0.3 is 14.2 Å². The first-order valence-electron chi connectivity index (χ1n) is 31.0. The molecular weight excluding hydrogens is 925 g/mol. The molecule has 0 aromatic rings. The Kier molecular flexibility index (Phi) is 58.9. The molecule has 0 aliphatic carbocycles. The van der Waals surface area contributed by atoms with Crippen molar-refractivity contribution in [1.29, 1.82) is 0 Å². The second kappa shape index (κ2) is 62.4. The highest BCUT2D eigenvalue weighted by atomic mass is 16.6. The molecule has 0 bridgehead atoms. The quantitative estimate of drug-likeness (QED) is 0.0261. The molecule has 6 heteroatoms. The Balaban J connectivity index is 4.44. The second-order valence-corrected chi connectivity index (χ2v) is 20.2. The van der Waals surface area contributed by atoms with Crippen molar-refractivity contribution >= 4 is 17.9 Å². The van der Waals surface area contributed by atoms with Crippen LogP contribution in [0.1, 0.15) is 278 Å². The third-order valence-electron chi connectivity index (χ3n) is 13.0. The smallest absolute Gasteiger partial charge is 0.306 e. The van der Waals surface area contributed by atoms with Crippen molar-refractivity contribution < 1.29 is 28.6 Å². The number of rotatable bonds is 55. The lowest BCUT2D eigenvalue weighted by Crippen LogP contribution is -2.30. The van der Waals surface area contributed by atoms with Crippen LogP contribution in [0.4, 0.5) is 0 Å². The number of allylic oxidation sites excluding steroid dienone is 20. The first kappa shape index (κ1) is 70.8. The molecule has 0 rings (SSSR count). The molecule has 1 unspecified atom stereocenters. The van der Waals surface area contributed by atoms with Crippen molar-refractivity contribution in [3.63, 3.8) is 0 Å². The summed E-state index contributed by atoms with van der Waals surface area (Å²) < 4.78 is 16.8. The molecule has 0 fully saturated rings. The van der Waals surface area contributed by atoms with E-state index < -0.39 is 6.10 Å². The molecule has 0 saturated heterocycles. The van der Waals surface area contributed by atoms with E-state index in [-0.39, 0.29) is 44.0 Å². The number of esters is 3. The van der Waals surface area contributed by atoms with Crippen molar-refractivity contribution in [3.8, 4) is 0 Å². The zero-order chi connectivity index (χ0) is 54.3. The third kappa shape index (κ3) is 60.6. The van der Waals surface area contributed by atoms with Gasteiger partial charge in [0.15, 0.2) is 6.10 Å². The second-order valence-electron chi connectivity index (χ2n) is 20.2. The van der Waals surface area contributed by atoms with Crippen molar-refractivity contribution in [2.45, 2.75) is 284 Å². The van der Waals surface area contributed by atoms with Crippen molar-refractivity contribution in [1.82, 2.24) is 0 Å². The summed E-state index contributed by atoms with van der Waals surface area (Å²) in [4.78, 5) is 38.2. The summed E-state index contributed by atoms with van der Waals surface area (Å²) in [5.74, 6) is -1.04. The van der Waals surface area contributed by atoms with Crippen LogP contribution in [-0.4, -0.2) is 37.2 Å². The summed E-state index contributed by atoms with van der Waals surface area (Å²) in [7, 11) is 0. The van der Waals surface area contributed by atoms with E-state index in [1.165, 1.54) is 128 Å². The highest BCUT2D eigenvalue weighted by molar-refractivity contribution is 5.71. The van der Waals surface area contributed by atoms with Crippen LogP contribution in [0, 0.1) is 0 Å². The topological polar surface area (TPSA) is 78.9 Å². The van der Waals surface area contributed by atoms with Crippen LogP contribution in [0.2, 0.25) is 0 Å². The standard InChI is InChI=1S/C69H114O6/c1-4-7-10-13-16-19-22-25-27-29-31-33-34-36-37-39-41-44-47-50-53-56-59-62-68(71)74-65-66(64-73-67(70)61-58-55-52-49-46-43-24-21-18-15-12-9-6-3)75-69(72)63-60-57-54-51-48-45-42-40-38-35-32-30-28-26-23-20-17-14-11-8-5-2/h8-9,11-12,17-18,20-21,26,28,32,35,40,42-43,46,48,51-52,55,66H,4-7,10,13-16,19,22-25,27,29-31,33-34,36-39,41,44-45,47,49-50,53-54,56-65H2,1-3H3/b11-8-,12-9-,20-17-,21-18-,28-26-,35-32-,42-40-,46-43-,51-48-,55-52-. The van der Waals surface area contributed by atoms with Crippen LogP contribution >= 0.6 is 0 Å². The monoisotopic (exact) mass is 1040 g/mol. The van der Waals surface area contributed by atoms with Gasteiger partial charge in [0, 0.05) is 19.3 Å². The summed E-state index contributed by atoms with van der Waals surface area (Å²) in [6.07, 6.45) is 86.6. The van der Waals surface area contributed by atoms with Gasteiger partial charge in [-0.1, -0.05) is 284 Å². The molecule has 0 amide bonds. The SMILES string of the molecule is CC/C=C\C/C=C\C/C=C\C/C=C\C/C=C\C/C=C\CCCCC(=O)OC(COC(=O)CC/C=C\C/C=C\C/C=C\C/C=C\CC)COC(=O)CCCCCCCCCCCCCCCCCCCCCCCCC. The molecule has 0 saturated carbocycles. The van der Waals surface area contributed by atoms with Crippen molar-refractivity contribution in [3.05, 3.63) is 122 Å². The summed E-state index contributed by atoms with van der Waals surface area (Å²) in [6, 6.07) is 0. The van der Waals surface area contributed by atoms with Crippen LogP contribution in [0.3, 0.4) is 0 Å². The van der Waals surface area contributed by atoms with Crippen LogP contribution in [0.25, 0.3) is 0 Å². The zero-order valence-electron chi connectivity index (χ0n) is 48.8. The molecule has 75 heavy (non-hydrogen) atoms. The predicted molar refractivity (Wildman–Crippen MR) is 325 cm³/mol. The summed E-state index contributed by atoms with van der Waals surface area (Å²) in [6.45, 7) is 6.33. The Morgan fingerprint density at radius 3 is 0.893 bits per heavy atom. The zero-order valence-corrected chi connectivity index (χ0v) is 48.8. The normalized spacial score (nSPS) is 12.9. The minimum Gasteiger partial charge on any atom is -0.462 e. The summed E-state index contributed by atoms with van der Waals surface area (Å²) >= 11 is 0.